The molecule has 31 heavy (non-hydrogen) atoms. The molecule has 0 saturated heterocycles. The maximum absolute atomic E-state index is 13.4. The van der Waals surface area contributed by atoms with Crippen LogP contribution in [0, 0.1) is 9.49 Å². The smallest absolute Gasteiger partial charge is 0.400 e. The fourth-order valence-electron chi connectivity index (χ4n) is 3.40. The summed E-state index contributed by atoms with van der Waals surface area (Å²) in [5, 5.41) is -4.99. The minimum Gasteiger partial charge on any atom is -0.465 e. The number of rotatable bonds is 6. The zero-order chi connectivity index (χ0) is 23.0. The largest absolute Gasteiger partial charge is 0.465 e. The monoisotopic (exact) mass is 578 g/mol. The summed E-state index contributed by atoms with van der Waals surface area (Å²) in [7, 11) is -5.92. The molecule has 1 aromatic carbocycles. The first-order valence-electron chi connectivity index (χ1n) is 9.22. The molecule has 0 radical (unpaired) electrons. The van der Waals surface area contributed by atoms with Gasteiger partial charge in [-0.1, -0.05) is 0 Å². The molecule has 13 heteroatoms. The molecule has 1 N–H and O–H groups in total. The molecule has 0 aromatic heterocycles. The van der Waals surface area contributed by atoms with Crippen molar-refractivity contribution >= 4 is 44.6 Å². The normalized spacial score (nSPS) is 24.7. The Morgan fingerprint density at radius 1 is 1.32 bits per heavy atom. The van der Waals surface area contributed by atoms with Crippen molar-refractivity contribution in [3.05, 3.63) is 27.3 Å². The number of fused-ring (bicyclic) bond motifs is 1. The van der Waals surface area contributed by atoms with Crippen molar-refractivity contribution in [3.63, 3.8) is 0 Å². The quantitative estimate of drug-likeness (QED) is 0.310. The predicted molar refractivity (Wildman–Crippen MR) is 107 cm³/mol. The molecule has 0 bridgehead atoms. The highest BCUT2D eigenvalue weighted by Gasteiger charge is 2.52. The summed E-state index contributed by atoms with van der Waals surface area (Å²) in [5.74, 6) is -2.78. The van der Waals surface area contributed by atoms with E-state index >= 15 is 0 Å². The van der Waals surface area contributed by atoms with Gasteiger partial charge in [0.2, 0.25) is 0 Å². The van der Waals surface area contributed by atoms with Crippen molar-refractivity contribution in [2.75, 3.05) is 6.61 Å². The lowest BCUT2D eigenvalue weighted by Crippen LogP contribution is -2.48. The van der Waals surface area contributed by atoms with Crippen LogP contribution < -0.4 is 4.74 Å². The van der Waals surface area contributed by atoms with Crippen LogP contribution >= 0.6 is 22.6 Å². The van der Waals surface area contributed by atoms with Crippen LogP contribution in [0.4, 0.5) is 13.2 Å². The molecule has 0 amide bonds. The van der Waals surface area contributed by atoms with Crippen molar-refractivity contribution in [2.24, 2.45) is 5.92 Å². The van der Waals surface area contributed by atoms with Gasteiger partial charge in [0.25, 0.3) is 5.79 Å². The highest BCUT2D eigenvalue weighted by molar-refractivity contribution is 14.1. The van der Waals surface area contributed by atoms with Crippen molar-refractivity contribution in [1.29, 1.82) is 0 Å². The predicted octanol–water partition coefficient (Wildman–Crippen LogP) is 3.48. The fraction of sp³-hybridized carbons (Fsp3) is 0.556. The minimum absolute atomic E-state index is 0.190. The Morgan fingerprint density at radius 2 is 1.97 bits per heavy atom. The molecule has 1 heterocycles. The zero-order valence-corrected chi connectivity index (χ0v) is 18.8. The van der Waals surface area contributed by atoms with Gasteiger partial charge in [0, 0.05) is 22.8 Å². The van der Waals surface area contributed by atoms with Gasteiger partial charge in [0.05, 0.1) is 12.5 Å². The summed E-state index contributed by atoms with van der Waals surface area (Å²) in [4.78, 5) is 24.4. The Balaban J connectivity index is 1.52. The highest BCUT2D eigenvalue weighted by Crippen LogP contribution is 2.42. The van der Waals surface area contributed by atoms with Crippen LogP contribution in [0.15, 0.2) is 18.2 Å². The summed E-state index contributed by atoms with van der Waals surface area (Å²) < 4.78 is 86.2. The lowest BCUT2D eigenvalue weighted by atomic mass is 9.84. The molecule has 172 valence electrons. The van der Waals surface area contributed by atoms with Crippen LogP contribution in [0.2, 0.25) is 0 Å². The maximum Gasteiger partial charge on any atom is 0.400 e. The Bertz CT molecular complexity index is 976. The molecule has 1 aliphatic heterocycles. The molecule has 1 saturated carbocycles. The lowest BCUT2D eigenvalue weighted by Gasteiger charge is -2.41. The number of hydrogen-bond acceptors (Lipinski definition) is 7. The second-order valence-corrected chi connectivity index (χ2v) is 10.0. The highest BCUT2D eigenvalue weighted by atomic mass is 127. The van der Waals surface area contributed by atoms with Crippen LogP contribution in [0.3, 0.4) is 0 Å². The molecule has 1 atom stereocenters. The van der Waals surface area contributed by atoms with E-state index in [1.807, 2.05) is 0 Å². The van der Waals surface area contributed by atoms with Crippen molar-refractivity contribution in [2.45, 2.75) is 49.3 Å². The van der Waals surface area contributed by atoms with Crippen LogP contribution in [0.1, 0.15) is 42.5 Å². The zero-order valence-electron chi connectivity index (χ0n) is 15.9. The van der Waals surface area contributed by atoms with Crippen molar-refractivity contribution < 1.29 is 49.9 Å². The number of carbonyl (C=O) groups is 2. The summed E-state index contributed by atoms with van der Waals surface area (Å²) >= 11 is 2.08. The van der Waals surface area contributed by atoms with Crippen LogP contribution in [-0.4, -0.2) is 48.7 Å². The Kier molecular flexibility index (Phi) is 6.77. The topological polar surface area (TPSA) is 116 Å². The van der Waals surface area contributed by atoms with Gasteiger partial charge in [-0.05, 0) is 53.6 Å². The van der Waals surface area contributed by atoms with E-state index in [-0.39, 0.29) is 25.7 Å². The number of hydrogen-bond donors (Lipinski definition) is 1. The Morgan fingerprint density at radius 3 is 2.58 bits per heavy atom. The number of carbonyl (C=O) groups excluding carboxylic acids is 2. The average Bonchev–Trinajstić information content (AvgIpc) is 2.67. The van der Waals surface area contributed by atoms with Gasteiger partial charge in [0.15, 0.2) is 6.17 Å². The van der Waals surface area contributed by atoms with E-state index in [1.54, 1.807) is 18.2 Å². The Hall–Kier alpha value is -1.61. The average molecular weight is 578 g/mol. The molecule has 2 aliphatic rings. The van der Waals surface area contributed by atoms with E-state index in [9.17, 15) is 31.2 Å². The van der Waals surface area contributed by atoms with Crippen molar-refractivity contribution in [1.82, 2.24) is 0 Å². The first-order valence-corrected chi connectivity index (χ1v) is 11.7. The molecule has 1 aliphatic carbocycles. The minimum atomic E-state index is -5.92. The summed E-state index contributed by atoms with van der Waals surface area (Å²) in [6, 6.07) is 5.04. The third-order valence-corrected chi connectivity index (χ3v) is 6.76. The summed E-state index contributed by atoms with van der Waals surface area (Å²) in [6.45, 7) is -0.788. The lowest BCUT2D eigenvalue weighted by molar-refractivity contribution is -0.183. The van der Waals surface area contributed by atoms with Gasteiger partial charge < -0.3 is 14.2 Å². The number of benzene rings is 1. The number of halogens is 4. The van der Waals surface area contributed by atoms with Gasteiger partial charge in [-0.2, -0.15) is 17.2 Å². The van der Waals surface area contributed by atoms with Gasteiger partial charge in [-0.15, -0.1) is 0 Å². The van der Waals surface area contributed by atoms with Crippen molar-refractivity contribution in [3.8, 4) is 5.75 Å². The first-order chi connectivity index (χ1) is 14.3. The van der Waals surface area contributed by atoms with Crippen LogP contribution in [0.5, 0.6) is 5.75 Å². The van der Waals surface area contributed by atoms with E-state index in [0.717, 1.165) is 3.57 Å². The fourth-order valence-corrected chi connectivity index (χ4v) is 4.31. The molecule has 3 rings (SSSR count). The number of alkyl halides is 3. The second kappa shape index (κ2) is 8.73. The van der Waals surface area contributed by atoms with Gasteiger partial charge in [-0.25, -0.2) is 9.18 Å². The van der Waals surface area contributed by atoms with E-state index in [2.05, 4.69) is 22.6 Å². The third-order valence-electron chi connectivity index (χ3n) is 5.14. The Labute approximate surface area is 189 Å². The molecule has 1 aromatic rings. The number of esters is 2. The molecule has 1 spiro atoms. The molecular weight excluding hydrogens is 560 g/mol. The molecule has 1 fully saturated rings. The summed E-state index contributed by atoms with van der Waals surface area (Å²) in [6.07, 6.45) is -3.53. The summed E-state index contributed by atoms with van der Waals surface area (Å²) in [5.41, 5.74) is 0.301. The second-order valence-electron chi connectivity index (χ2n) is 7.28. The maximum atomic E-state index is 13.4. The van der Waals surface area contributed by atoms with Gasteiger partial charge in [-0.3, -0.25) is 9.35 Å². The SMILES string of the molecule is O=C1OC2(CCC(C(=O)OCCC(F)C(F)(F)S(=O)(=O)O)CC2)Oc2cc(I)ccc21. The van der Waals surface area contributed by atoms with E-state index in [0.29, 0.717) is 11.3 Å². The van der Waals surface area contributed by atoms with E-state index in [1.165, 1.54) is 0 Å². The molecule has 1 unspecified atom stereocenters. The van der Waals surface area contributed by atoms with E-state index in [4.69, 9.17) is 18.8 Å². The van der Waals surface area contributed by atoms with Gasteiger partial charge >= 0.3 is 27.3 Å². The van der Waals surface area contributed by atoms with Crippen LogP contribution in [-0.2, 0) is 24.4 Å². The molecule has 8 nitrogen and oxygen atoms in total. The van der Waals surface area contributed by atoms with Crippen LogP contribution in [0.25, 0.3) is 0 Å². The van der Waals surface area contributed by atoms with Gasteiger partial charge in [0.1, 0.15) is 11.3 Å². The standard InChI is InChI=1S/C18H18F3IO8S/c19-14(18(20,21)31(25,26)27)5-8-28-15(23)10-3-6-17(7-4-10)29-13-9-11(22)1-2-12(13)16(24)30-17/h1-2,9-10,14H,3-8H2,(H,25,26,27). The number of ether oxygens (including phenoxy) is 3. The van der Waals surface area contributed by atoms with E-state index < -0.39 is 58.2 Å². The molecular formula is C18H18F3IO8S. The third kappa shape index (κ3) is 5.08. The first kappa shape index (κ1) is 24.0.